The van der Waals surface area contributed by atoms with Crippen molar-refractivity contribution < 1.29 is 25.8 Å². The van der Waals surface area contributed by atoms with Crippen LogP contribution >= 0.6 is 11.3 Å². The van der Waals surface area contributed by atoms with Crippen molar-refractivity contribution in [3.63, 3.8) is 0 Å². The van der Waals surface area contributed by atoms with Gasteiger partial charge in [-0.05, 0) is 18.1 Å². The van der Waals surface area contributed by atoms with E-state index in [-0.39, 0.29) is 5.92 Å². The second-order valence-electron chi connectivity index (χ2n) is 4.57. The second-order valence-corrected chi connectivity index (χ2v) is 7.14. The molecular weight excluding hydrogens is 341 g/mol. The molecule has 0 aliphatic heterocycles. The number of rotatable bonds is 4. The number of aromatic nitrogens is 2. The Labute approximate surface area is 128 Å². The van der Waals surface area contributed by atoms with Crippen LogP contribution in [0.4, 0.5) is 13.2 Å². The summed E-state index contributed by atoms with van der Waals surface area (Å²) in [6.45, 7) is 3.40. The van der Waals surface area contributed by atoms with Crippen molar-refractivity contribution in [3.05, 3.63) is 29.4 Å². The van der Waals surface area contributed by atoms with E-state index in [1.807, 2.05) is 0 Å². The van der Waals surface area contributed by atoms with Gasteiger partial charge in [0.15, 0.2) is 0 Å². The van der Waals surface area contributed by atoms with E-state index in [9.17, 15) is 21.6 Å². The molecule has 2 rings (SSSR count). The first-order valence-corrected chi connectivity index (χ1v) is 8.26. The Morgan fingerprint density at radius 1 is 1.32 bits per heavy atom. The van der Waals surface area contributed by atoms with Gasteiger partial charge in [-0.25, -0.2) is 4.98 Å². The highest BCUT2D eigenvalue weighted by molar-refractivity contribution is 7.88. The topological polar surface area (TPSA) is 69.2 Å². The minimum Gasteiger partial charge on any atom is -0.354 e. The number of hydrogen-bond donors (Lipinski definition) is 0. The minimum absolute atomic E-state index is 0.249. The Kier molecular flexibility index (Phi) is 4.43. The smallest absolute Gasteiger partial charge is 0.354 e. The van der Waals surface area contributed by atoms with Gasteiger partial charge in [-0.15, -0.1) is 11.3 Å². The Balaban J connectivity index is 2.46. The molecule has 0 saturated heterocycles. The van der Waals surface area contributed by atoms with Crippen LogP contribution in [0.15, 0.2) is 24.5 Å². The quantitative estimate of drug-likeness (QED) is 0.622. The molecule has 5 nitrogen and oxygen atoms in total. The first-order valence-electron chi connectivity index (χ1n) is 6.03. The van der Waals surface area contributed by atoms with Crippen molar-refractivity contribution in [2.45, 2.75) is 25.3 Å². The fraction of sp³-hybridized carbons (Fsp3) is 0.333. The van der Waals surface area contributed by atoms with Gasteiger partial charge >= 0.3 is 15.6 Å². The third kappa shape index (κ3) is 3.38. The number of nitrogens with zero attached hydrogens (tertiary/aromatic N) is 2. The molecule has 0 unspecified atom stereocenters. The first-order chi connectivity index (χ1) is 10.1. The third-order valence-corrected chi connectivity index (χ3v) is 4.86. The molecule has 0 bridgehead atoms. The molecule has 0 N–H and O–H groups in total. The largest absolute Gasteiger partial charge is 0.534 e. The van der Waals surface area contributed by atoms with Crippen molar-refractivity contribution in [2.24, 2.45) is 0 Å². The Morgan fingerprint density at radius 2 is 2.00 bits per heavy atom. The van der Waals surface area contributed by atoms with Gasteiger partial charge in [-0.1, -0.05) is 13.8 Å². The summed E-state index contributed by atoms with van der Waals surface area (Å²) in [7, 11) is -5.75. The molecule has 0 atom stereocenters. The number of halogens is 3. The molecular formula is C12H11F3N2O3S2. The van der Waals surface area contributed by atoms with Crippen LogP contribution < -0.4 is 4.18 Å². The molecule has 2 aromatic heterocycles. The zero-order valence-electron chi connectivity index (χ0n) is 11.5. The van der Waals surface area contributed by atoms with Crippen molar-refractivity contribution in [1.29, 1.82) is 0 Å². The number of thiazole rings is 1. The molecule has 0 radical (unpaired) electrons. The van der Waals surface area contributed by atoms with E-state index in [1.54, 1.807) is 26.0 Å². The maximum atomic E-state index is 12.4. The molecule has 0 fully saturated rings. The van der Waals surface area contributed by atoms with E-state index in [1.165, 1.54) is 12.4 Å². The van der Waals surface area contributed by atoms with Gasteiger partial charge in [-0.2, -0.15) is 21.6 Å². The summed E-state index contributed by atoms with van der Waals surface area (Å²) in [5.41, 5.74) is -4.94. The van der Waals surface area contributed by atoms with Crippen molar-refractivity contribution in [3.8, 4) is 16.5 Å². The molecule has 0 aliphatic rings. The van der Waals surface area contributed by atoms with Gasteiger partial charge in [-0.3, -0.25) is 4.98 Å². The van der Waals surface area contributed by atoms with Gasteiger partial charge < -0.3 is 4.18 Å². The summed E-state index contributed by atoms with van der Waals surface area (Å²) in [6.07, 6.45) is 3.01. The predicted octanol–water partition coefficient (Wildman–Crippen LogP) is 3.56. The predicted molar refractivity (Wildman–Crippen MR) is 75.0 cm³/mol. The lowest BCUT2D eigenvalue weighted by Gasteiger charge is -2.09. The van der Waals surface area contributed by atoms with Crippen molar-refractivity contribution in [2.75, 3.05) is 0 Å². The molecule has 2 heterocycles. The zero-order valence-corrected chi connectivity index (χ0v) is 13.1. The Hall–Kier alpha value is -1.68. The molecule has 2 aromatic rings. The molecule has 0 spiro atoms. The minimum atomic E-state index is -5.75. The third-order valence-electron chi connectivity index (χ3n) is 2.53. The van der Waals surface area contributed by atoms with Gasteiger partial charge in [0.25, 0.3) is 0 Å². The van der Waals surface area contributed by atoms with Crippen LogP contribution in [0.2, 0.25) is 0 Å². The monoisotopic (exact) mass is 352 g/mol. The normalized spacial score (nSPS) is 12.6. The summed E-state index contributed by atoms with van der Waals surface area (Å²) >= 11 is 1.06. The van der Waals surface area contributed by atoms with E-state index < -0.39 is 21.5 Å². The molecule has 0 amide bonds. The molecule has 120 valence electrons. The van der Waals surface area contributed by atoms with Crippen LogP contribution in [0.1, 0.15) is 24.6 Å². The molecule has 22 heavy (non-hydrogen) atoms. The van der Waals surface area contributed by atoms with Crippen LogP contribution in [-0.4, -0.2) is 23.9 Å². The molecule has 10 heteroatoms. The highest BCUT2D eigenvalue weighted by Gasteiger charge is 2.49. The van der Waals surface area contributed by atoms with Gasteiger partial charge in [0, 0.05) is 18.0 Å². The summed E-state index contributed by atoms with van der Waals surface area (Å²) in [6, 6.07) is 3.30. The maximum absolute atomic E-state index is 12.4. The van der Waals surface area contributed by atoms with E-state index in [2.05, 4.69) is 14.2 Å². The number of alkyl halides is 3. The van der Waals surface area contributed by atoms with Crippen molar-refractivity contribution in [1.82, 2.24) is 9.97 Å². The van der Waals surface area contributed by atoms with Gasteiger partial charge in [0.05, 0.1) is 4.88 Å². The fourth-order valence-corrected chi connectivity index (χ4v) is 2.97. The molecule has 0 aliphatic carbocycles. The van der Waals surface area contributed by atoms with Crippen molar-refractivity contribution >= 4 is 21.5 Å². The average molecular weight is 352 g/mol. The number of hydrogen-bond acceptors (Lipinski definition) is 6. The summed E-state index contributed by atoms with van der Waals surface area (Å²) in [5.74, 6) is -0.794. The van der Waals surface area contributed by atoms with Crippen LogP contribution in [0.25, 0.3) is 10.6 Å². The van der Waals surface area contributed by atoms with Gasteiger partial charge in [0.1, 0.15) is 5.01 Å². The first kappa shape index (κ1) is 16.7. The SMILES string of the molecule is CC(C)c1sc(-c2cccnc2)nc1OS(=O)(=O)C(F)(F)F. The lowest BCUT2D eigenvalue weighted by Crippen LogP contribution is -2.28. The molecule has 0 aromatic carbocycles. The van der Waals surface area contributed by atoms with E-state index in [4.69, 9.17) is 0 Å². The van der Waals surface area contributed by atoms with E-state index in [0.29, 0.717) is 15.4 Å². The summed E-state index contributed by atoms with van der Waals surface area (Å²) in [4.78, 5) is 8.08. The Morgan fingerprint density at radius 3 is 2.50 bits per heavy atom. The van der Waals surface area contributed by atoms with Crippen LogP contribution in [0.3, 0.4) is 0 Å². The van der Waals surface area contributed by atoms with Crippen LogP contribution in [0, 0.1) is 0 Å². The highest BCUT2D eigenvalue weighted by Crippen LogP contribution is 2.39. The standard InChI is InChI=1S/C12H11F3N2O3S2/c1-7(2)9-10(20-22(18,19)12(13,14)15)17-11(21-9)8-4-3-5-16-6-8/h3-7H,1-2H3. The lowest BCUT2D eigenvalue weighted by atomic mass is 10.2. The molecule has 0 saturated carbocycles. The average Bonchev–Trinajstić information content (AvgIpc) is 2.82. The van der Waals surface area contributed by atoms with E-state index in [0.717, 1.165) is 11.3 Å². The van der Waals surface area contributed by atoms with Gasteiger partial charge in [0.2, 0.25) is 5.88 Å². The zero-order chi connectivity index (χ0) is 16.5. The summed E-state index contributed by atoms with van der Waals surface area (Å²) in [5, 5.41) is 0.337. The number of pyridine rings is 1. The summed E-state index contributed by atoms with van der Waals surface area (Å²) < 4.78 is 63.8. The van der Waals surface area contributed by atoms with Crippen LogP contribution in [-0.2, 0) is 10.1 Å². The highest BCUT2D eigenvalue weighted by atomic mass is 32.2. The second kappa shape index (κ2) is 5.84. The van der Waals surface area contributed by atoms with Crippen LogP contribution in [0.5, 0.6) is 5.88 Å². The maximum Gasteiger partial charge on any atom is 0.534 e. The lowest BCUT2D eigenvalue weighted by molar-refractivity contribution is -0.0501. The Bertz CT molecular complexity index is 756. The van der Waals surface area contributed by atoms with E-state index >= 15 is 0 Å². The fourth-order valence-electron chi connectivity index (χ4n) is 1.51.